The average molecular weight is 289 g/mol. The van der Waals surface area contributed by atoms with Crippen molar-refractivity contribution in [2.24, 2.45) is 0 Å². The first-order chi connectivity index (χ1) is 7.15. The summed E-state index contributed by atoms with van der Waals surface area (Å²) in [6.45, 7) is 0.767. The lowest BCUT2D eigenvalue weighted by Crippen LogP contribution is -2.31. The van der Waals surface area contributed by atoms with Gasteiger partial charge in [0.2, 0.25) is 0 Å². The standard InChI is InChI=1S/C10H13BrN2OS/c1-15-10(2-3-10)6-13-9(14)8-4-7(11)5-12-8/h4-5,12H,2-3,6H2,1H3,(H,13,14). The van der Waals surface area contributed by atoms with E-state index in [1.165, 1.54) is 12.8 Å². The van der Waals surface area contributed by atoms with Crippen molar-refractivity contribution in [2.45, 2.75) is 17.6 Å². The van der Waals surface area contributed by atoms with Crippen LogP contribution in [0, 0.1) is 0 Å². The molecule has 2 rings (SSSR count). The predicted octanol–water partition coefficient (Wildman–Crippen LogP) is 2.40. The smallest absolute Gasteiger partial charge is 0.267 e. The van der Waals surface area contributed by atoms with Gasteiger partial charge in [0.25, 0.3) is 5.91 Å². The van der Waals surface area contributed by atoms with Gasteiger partial charge >= 0.3 is 0 Å². The number of hydrogen-bond acceptors (Lipinski definition) is 2. The molecule has 1 aliphatic rings. The van der Waals surface area contributed by atoms with Crippen LogP contribution < -0.4 is 5.32 Å². The van der Waals surface area contributed by atoms with Gasteiger partial charge in [0.1, 0.15) is 5.69 Å². The van der Waals surface area contributed by atoms with Gasteiger partial charge in [0.15, 0.2) is 0 Å². The van der Waals surface area contributed by atoms with Gasteiger partial charge in [-0.15, -0.1) is 0 Å². The molecule has 5 heteroatoms. The van der Waals surface area contributed by atoms with Crippen LogP contribution in [0.3, 0.4) is 0 Å². The topological polar surface area (TPSA) is 44.9 Å². The van der Waals surface area contributed by atoms with Crippen LogP contribution in [0.4, 0.5) is 0 Å². The maximum atomic E-state index is 11.7. The summed E-state index contributed by atoms with van der Waals surface area (Å²) in [5.41, 5.74) is 0.610. The number of hydrogen-bond donors (Lipinski definition) is 2. The van der Waals surface area contributed by atoms with E-state index in [1.54, 1.807) is 12.3 Å². The van der Waals surface area contributed by atoms with E-state index in [2.05, 4.69) is 32.5 Å². The number of rotatable bonds is 4. The molecule has 2 N–H and O–H groups in total. The molecule has 1 saturated carbocycles. The molecule has 0 spiro atoms. The number of amides is 1. The predicted molar refractivity (Wildman–Crippen MR) is 66.3 cm³/mol. The number of aromatic amines is 1. The van der Waals surface area contributed by atoms with Gasteiger partial charge in [0.05, 0.1) is 0 Å². The number of carbonyl (C=O) groups is 1. The monoisotopic (exact) mass is 288 g/mol. The Morgan fingerprint density at radius 3 is 2.93 bits per heavy atom. The lowest BCUT2D eigenvalue weighted by atomic mass is 10.3. The Kier molecular flexibility index (Phi) is 3.11. The lowest BCUT2D eigenvalue weighted by molar-refractivity contribution is 0.0948. The Morgan fingerprint density at radius 2 is 2.47 bits per heavy atom. The third-order valence-electron chi connectivity index (χ3n) is 2.70. The number of halogens is 1. The number of nitrogens with one attached hydrogen (secondary N) is 2. The van der Waals surface area contributed by atoms with Gasteiger partial charge in [-0.3, -0.25) is 4.79 Å². The molecule has 0 aliphatic heterocycles. The van der Waals surface area contributed by atoms with Gasteiger partial charge in [0, 0.05) is 22.0 Å². The van der Waals surface area contributed by atoms with E-state index in [0.29, 0.717) is 10.4 Å². The van der Waals surface area contributed by atoms with Crippen molar-refractivity contribution in [2.75, 3.05) is 12.8 Å². The van der Waals surface area contributed by atoms with Crippen LogP contribution in [-0.4, -0.2) is 28.4 Å². The second-order valence-corrected chi connectivity index (χ2v) is 5.99. The van der Waals surface area contributed by atoms with Crippen LogP contribution in [0.2, 0.25) is 0 Å². The highest BCUT2D eigenvalue weighted by Crippen LogP contribution is 2.46. The minimum Gasteiger partial charge on any atom is -0.356 e. The van der Waals surface area contributed by atoms with E-state index in [-0.39, 0.29) is 5.91 Å². The summed E-state index contributed by atoms with van der Waals surface area (Å²) in [5, 5.41) is 2.95. The number of aromatic nitrogens is 1. The maximum absolute atomic E-state index is 11.7. The Bertz CT molecular complexity index is 373. The van der Waals surface area contributed by atoms with Gasteiger partial charge in [-0.05, 0) is 41.1 Å². The summed E-state index contributed by atoms with van der Waals surface area (Å²) >= 11 is 5.15. The van der Waals surface area contributed by atoms with E-state index >= 15 is 0 Å². The molecule has 0 radical (unpaired) electrons. The summed E-state index contributed by atoms with van der Waals surface area (Å²) in [6, 6.07) is 1.79. The maximum Gasteiger partial charge on any atom is 0.267 e. The SMILES string of the molecule is CSC1(CNC(=O)c2cc(Br)c[nH]2)CC1. The van der Waals surface area contributed by atoms with E-state index < -0.39 is 0 Å². The molecule has 3 nitrogen and oxygen atoms in total. The molecule has 0 atom stereocenters. The van der Waals surface area contributed by atoms with Crippen LogP contribution in [0.5, 0.6) is 0 Å². The van der Waals surface area contributed by atoms with Gasteiger partial charge in [-0.1, -0.05) is 0 Å². The molecule has 1 heterocycles. The summed E-state index contributed by atoms with van der Waals surface area (Å²) in [6.07, 6.45) is 6.28. The van der Waals surface area contributed by atoms with Crippen LogP contribution >= 0.6 is 27.7 Å². The second-order valence-electron chi connectivity index (χ2n) is 3.80. The Labute approximate surface area is 102 Å². The third kappa shape index (κ3) is 2.58. The Morgan fingerprint density at radius 1 is 1.73 bits per heavy atom. The van der Waals surface area contributed by atoms with Gasteiger partial charge in [-0.2, -0.15) is 11.8 Å². The first kappa shape index (κ1) is 11.1. The van der Waals surface area contributed by atoms with Gasteiger partial charge in [-0.25, -0.2) is 0 Å². The van der Waals surface area contributed by atoms with Crippen molar-refractivity contribution in [3.63, 3.8) is 0 Å². The molecule has 1 amide bonds. The van der Waals surface area contributed by atoms with Crippen LogP contribution in [-0.2, 0) is 0 Å². The van der Waals surface area contributed by atoms with Crippen molar-refractivity contribution < 1.29 is 4.79 Å². The molecule has 1 aromatic heterocycles. The van der Waals surface area contributed by atoms with Gasteiger partial charge < -0.3 is 10.3 Å². The second kappa shape index (κ2) is 4.22. The Hall–Kier alpha value is -0.420. The number of thioether (sulfide) groups is 1. The number of carbonyl (C=O) groups excluding carboxylic acids is 1. The zero-order chi connectivity index (χ0) is 10.9. The number of H-pyrrole nitrogens is 1. The summed E-state index contributed by atoms with van der Waals surface area (Å²) < 4.78 is 1.22. The van der Waals surface area contributed by atoms with Crippen LogP contribution in [0.15, 0.2) is 16.7 Å². The highest BCUT2D eigenvalue weighted by molar-refractivity contribution is 9.10. The van der Waals surface area contributed by atoms with Crippen molar-refractivity contribution in [3.8, 4) is 0 Å². The van der Waals surface area contributed by atoms with E-state index in [4.69, 9.17) is 0 Å². The molecule has 0 bridgehead atoms. The fraction of sp³-hybridized carbons (Fsp3) is 0.500. The molecule has 1 aliphatic carbocycles. The molecule has 1 fully saturated rings. The fourth-order valence-corrected chi connectivity index (χ4v) is 2.50. The molecule has 82 valence electrons. The third-order valence-corrected chi connectivity index (χ3v) is 4.58. The first-order valence-electron chi connectivity index (χ1n) is 4.82. The molecule has 0 saturated heterocycles. The van der Waals surface area contributed by atoms with E-state index in [9.17, 15) is 4.79 Å². The molecule has 1 aromatic rings. The molecular formula is C10H13BrN2OS. The van der Waals surface area contributed by atoms with Crippen LogP contribution in [0.1, 0.15) is 23.3 Å². The van der Waals surface area contributed by atoms with Crippen molar-refractivity contribution in [1.82, 2.24) is 10.3 Å². The van der Waals surface area contributed by atoms with Crippen molar-refractivity contribution in [1.29, 1.82) is 0 Å². The summed E-state index contributed by atoms with van der Waals surface area (Å²) in [7, 11) is 0. The highest BCUT2D eigenvalue weighted by Gasteiger charge is 2.41. The van der Waals surface area contributed by atoms with Crippen molar-refractivity contribution >= 4 is 33.6 Å². The Balaban J connectivity index is 1.88. The zero-order valence-electron chi connectivity index (χ0n) is 8.47. The highest BCUT2D eigenvalue weighted by atomic mass is 79.9. The minimum atomic E-state index is -0.0268. The average Bonchev–Trinajstić information content (AvgIpc) is 2.90. The molecule has 15 heavy (non-hydrogen) atoms. The van der Waals surface area contributed by atoms with Crippen LogP contribution in [0.25, 0.3) is 0 Å². The fourth-order valence-electron chi connectivity index (χ4n) is 1.43. The van der Waals surface area contributed by atoms with E-state index in [0.717, 1.165) is 11.0 Å². The summed E-state index contributed by atoms with van der Waals surface area (Å²) in [5.74, 6) is -0.0268. The minimum absolute atomic E-state index is 0.0268. The molecule has 0 unspecified atom stereocenters. The molecule has 0 aromatic carbocycles. The zero-order valence-corrected chi connectivity index (χ0v) is 10.9. The molecular weight excluding hydrogens is 276 g/mol. The largest absolute Gasteiger partial charge is 0.356 e. The van der Waals surface area contributed by atoms with E-state index in [1.807, 2.05) is 11.8 Å². The first-order valence-corrected chi connectivity index (χ1v) is 6.84. The summed E-state index contributed by atoms with van der Waals surface area (Å²) in [4.78, 5) is 14.6. The van der Waals surface area contributed by atoms with Crippen molar-refractivity contribution in [3.05, 3.63) is 22.4 Å². The normalized spacial score (nSPS) is 17.5. The lowest BCUT2D eigenvalue weighted by Gasteiger charge is -2.12. The quantitative estimate of drug-likeness (QED) is 0.894.